The summed E-state index contributed by atoms with van der Waals surface area (Å²) in [4.78, 5) is 10.4. The minimum Gasteiger partial charge on any atom is -0.507 e. The molecule has 0 radical (unpaired) electrons. The lowest BCUT2D eigenvalue weighted by atomic mass is 9.94. The lowest BCUT2D eigenvalue weighted by Gasteiger charge is -2.13. The highest BCUT2D eigenvalue weighted by atomic mass is 19.3. The Kier molecular flexibility index (Phi) is 3.99. The van der Waals surface area contributed by atoms with Crippen LogP contribution in [0.5, 0.6) is 5.75 Å². The largest absolute Gasteiger partial charge is 0.507 e. The highest BCUT2D eigenvalue weighted by Crippen LogP contribution is 2.34. The molecule has 0 aliphatic carbocycles. The van der Waals surface area contributed by atoms with Crippen LogP contribution in [0.2, 0.25) is 0 Å². The monoisotopic (exact) mass is 228 g/mol. The predicted molar refractivity (Wildman–Crippen MR) is 56.9 cm³/mol. The van der Waals surface area contributed by atoms with Gasteiger partial charge < -0.3 is 9.90 Å². The van der Waals surface area contributed by atoms with Crippen molar-refractivity contribution >= 4 is 6.29 Å². The van der Waals surface area contributed by atoms with Crippen LogP contribution in [-0.4, -0.2) is 11.4 Å². The topological polar surface area (TPSA) is 37.3 Å². The van der Waals surface area contributed by atoms with E-state index in [2.05, 4.69) is 0 Å². The summed E-state index contributed by atoms with van der Waals surface area (Å²) in [6.07, 6.45) is -1.66. The molecule has 0 bridgehead atoms. The highest BCUT2D eigenvalue weighted by Gasteiger charge is 2.17. The standard InChI is InChI=1S/C12H14F2O2/c1-7(3-4-15)9-5-8(2)11(16)10(6-9)12(13)14/h4-7,12,16H,3H2,1-2H3. The van der Waals surface area contributed by atoms with Gasteiger partial charge >= 0.3 is 0 Å². The number of alkyl halides is 2. The molecule has 1 N–H and O–H groups in total. The molecule has 0 heterocycles. The molecule has 1 aromatic carbocycles. The fraction of sp³-hybridized carbons (Fsp3) is 0.417. The number of benzene rings is 1. The molecular weight excluding hydrogens is 214 g/mol. The molecule has 0 aliphatic heterocycles. The summed E-state index contributed by atoms with van der Waals surface area (Å²) in [6, 6.07) is 2.90. The summed E-state index contributed by atoms with van der Waals surface area (Å²) in [7, 11) is 0. The summed E-state index contributed by atoms with van der Waals surface area (Å²) in [5.41, 5.74) is 0.691. The zero-order valence-electron chi connectivity index (χ0n) is 9.21. The Morgan fingerprint density at radius 3 is 2.56 bits per heavy atom. The fourth-order valence-corrected chi connectivity index (χ4v) is 1.57. The van der Waals surface area contributed by atoms with E-state index in [1.165, 1.54) is 6.07 Å². The number of aromatic hydroxyl groups is 1. The van der Waals surface area contributed by atoms with Crippen LogP contribution >= 0.6 is 0 Å². The van der Waals surface area contributed by atoms with Gasteiger partial charge in [0.25, 0.3) is 6.43 Å². The third-order valence-electron chi connectivity index (χ3n) is 2.61. The summed E-state index contributed by atoms with van der Waals surface area (Å²) in [6.45, 7) is 3.35. The third kappa shape index (κ3) is 2.56. The summed E-state index contributed by atoms with van der Waals surface area (Å²) in [5.74, 6) is -0.480. The zero-order valence-corrected chi connectivity index (χ0v) is 9.21. The molecule has 0 aromatic heterocycles. The van der Waals surface area contributed by atoms with Gasteiger partial charge in [0.2, 0.25) is 0 Å². The third-order valence-corrected chi connectivity index (χ3v) is 2.61. The van der Waals surface area contributed by atoms with Gasteiger partial charge in [-0.15, -0.1) is 0 Å². The van der Waals surface area contributed by atoms with E-state index < -0.39 is 6.43 Å². The number of aldehydes is 1. The fourth-order valence-electron chi connectivity index (χ4n) is 1.57. The molecular formula is C12H14F2O2. The average Bonchev–Trinajstić information content (AvgIpc) is 2.21. The number of hydrogen-bond acceptors (Lipinski definition) is 2. The summed E-state index contributed by atoms with van der Waals surface area (Å²) in [5, 5.41) is 9.45. The Morgan fingerprint density at radius 1 is 1.44 bits per heavy atom. The molecule has 1 aromatic rings. The molecule has 0 aliphatic rings. The normalized spacial score (nSPS) is 12.8. The van der Waals surface area contributed by atoms with E-state index in [4.69, 9.17) is 0 Å². The maximum absolute atomic E-state index is 12.6. The lowest BCUT2D eigenvalue weighted by Crippen LogP contribution is -1.98. The number of rotatable bonds is 4. The van der Waals surface area contributed by atoms with Gasteiger partial charge in [-0.05, 0) is 30.0 Å². The molecule has 0 saturated carbocycles. The molecule has 0 saturated heterocycles. The molecule has 88 valence electrons. The second-order valence-electron chi connectivity index (χ2n) is 3.88. The second-order valence-corrected chi connectivity index (χ2v) is 3.88. The Labute approximate surface area is 92.9 Å². The van der Waals surface area contributed by atoms with Crippen LogP contribution in [0.1, 0.15) is 42.4 Å². The van der Waals surface area contributed by atoms with E-state index >= 15 is 0 Å². The summed E-state index contributed by atoms with van der Waals surface area (Å²) >= 11 is 0. The number of hydrogen-bond donors (Lipinski definition) is 1. The van der Waals surface area contributed by atoms with Crippen LogP contribution in [0.25, 0.3) is 0 Å². The van der Waals surface area contributed by atoms with Crippen molar-refractivity contribution in [2.75, 3.05) is 0 Å². The van der Waals surface area contributed by atoms with Crippen molar-refractivity contribution in [3.63, 3.8) is 0 Å². The predicted octanol–water partition coefficient (Wildman–Crippen LogP) is 3.33. The summed E-state index contributed by atoms with van der Waals surface area (Å²) < 4.78 is 25.2. The van der Waals surface area contributed by atoms with Gasteiger partial charge in [0, 0.05) is 6.42 Å². The number of carbonyl (C=O) groups is 1. The number of phenolic OH excluding ortho intramolecular Hbond substituents is 1. The first-order valence-electron chi connectivity index (χ1n) is 5.02. The van der Waals surface area contributed by atoms with Crippen LogP contribution in [0.4, 0.5) is 8.78 Å². The molecule has 0 fully saturated rings. The van der Waals surface area contributed by atoms with E-state index in [1.54, 1.807) is 19.9 Å². The van der Waals surface area contributed by atoms with Gasteiger partial charge in [-0.2, -0.15) is 0 Å². The van der Waals surface area contributed by atoms with Gasteiger partial charge in [0.15, 0.2) is 0 Å². The second kappa shape index (κ2) is 5.05. The molecule has 0 amide bonds. The number of phenols is 1. The van der Waals surface area contributed by atoms with Crippen molar-refractivity contribution < 1.29 is 18.7 Å². The molecule has 1 rings (SSSR count). The van der Waals surface area contributed by atoms with Crippen LogP contribution in [-0.2, 0) is 4.79 Å². The molecule has 16 heavy (non-hydrogen) atoms. The van der Waals surface area contributed by atoms with E-state index in [0.717, 1.165) is 6.29 Å². The average molecular weight is 228 g/mol. The quantitative estimate of drug-likeness (QED) is 0.802. The van der Waals surface area contributed by atoms with Crippen molar-refractivity contribution in [3.8, 4) is 5.75 Å². The molecule has 2 nitrogen and oxygen atoms in total. The Hall–Kier alpha value is -1.45. The smallest absolute Gasteiger partial charge is 0.267 e. The first kappa shape index (κ1) is 12.6. The maximum atomic E-state index is 12.6. The lowest BCUT2D eigenvalue weighted by molar-refractivity contribution is -0.108. The Balaban J connectivity index is 3.18. The molecule has 0 spiro atoms. The van der Waals surface area contributed by atoms with Crippen molar-refractivity contribution in [3.05, 3.63) is 28.8 Å². The van der Waals surface area contributed by atoms with E-state index in [9.17, 15) is 18.7 Å². The van der Waals surface area contributed by atoms with Gasteiger partial charge in [-0.3, -0.25) is 0 Å². The van der Waals surface area contributed by atoms with E-state index in [0.29, 0.717) is 11.1 Å². The Morgan fingerprint density at radius 2 is 2.06 bits per heavy atom. The van der Waals surface area contributed by atoms with Crippen LogP contribution in [0.3, 0.4) is 0 Å². The van der Waals surface area contributed by atoms with Crippen molar-refractivity contribution in [2.45, 2.75) is 32.6 Å². The van der Waals surface area contributed by atoms with E-state index in [-0.39, 0.29) is 23.7 Å². The van der Waals surface area contributed by atoms with Gasteiger partial charge in [-0.1, -0.05) is 13.0 Å². The van der Waals surface area contributed by atoms with Gasteiger partial charge in [-0.25, -0.2) is 8.78 Å². The zero-order chi connectivity index (χ0) is 12.3. The van der Waals surface area contributed by atoms with Crippen LogP contribution < -0.4 is 0 Å². The van der Waals surface area contributed by atoms with E-state index in [1.807, 2.05) is 0 Å². The minimum atomic E-state index is -2.71. The number of aryl methyl sites for hydroxylation is 1. The van der Waals surface area contributed by atoms with Crippen molar-refractivity contribution in [2.24, 2.45) is 0 Å². The molecule has 4 heteroatoms. The van der Waals surface area contributed by atoms with Gasteiger partial charge in [0.1, 0.15) is 12.0 Å². The van der Waals surface area contributed by atoms with Crippen molar-refractivity contribution in [1.82, 2.24) is 0 Å². The number of carbonyl (C=O) groups excluding carboxylic acids is 1. The number of halogens is 2. The molecule has 1 atom stereocenters. The first-order valence-corrected chi connectivity index (χ1v) is 5.02. The minimum absolute atomic E-state index is 0.116. The Bertz CT molecular complexity index is 389. The van der Waals surface area contributed by atoms with Gasteiger partial charge in [0.05, 0.1) is 5.56 Å². The SMILES string of the molecule is Cc1cc(C(C)CC=O)cc(C(F)F)c1O. The molecule has 1 unspecified atom stereocenters. The highest BCUT2D eigenvalue weighted by molar-refractivity contribution is 5.52. The first-order chi connectivity index (χ1) is 7.47. The van der Waals surface area contributed by atoms with Crippen LogP contribution in [0.15, 0.2) is 12.1 Å². The van der Waals surface area contributed by atoms with Crippen molar-refractivity contribution in [1.29, 1.82) is 0 Å². The maximum Gasteiger partial charge on any atom is 0.267 e. The van der Waals surface area contributed by atoms with Crippen LogP contribution in [0, 0.1) is 6.92 Å².